The molecule has 4 rings (SSSR count). The van der Waals surface area contributed by atoms with Crippen LogP contribution in [0.3, 0.4) is 0 Å². The van der Waals surface area contributed by atoms with Crippen LogP contribution in [0, 0.1) is 13.8 Å². The van der Waals surface area contributed by atoms with Crippen LogP contribution in [0.25, 0.3) is 0 Å². The third-order valence-electron chi connectivity index (χ3n) is 6.11. The number of H-pyrrole nitrogens is 1. The second-order valence-electron chi connectivity index (χ2n) is 7.58. The molecular weight excluding hydrogens is 328 g/mol. The number of fused-ring (bicyclic) bond motifs is 1. The van der Waals surface area contributed by atoms with Crippen LogP contribution in [0.1, 0.15) is 42.9 Å². The topological polar surface area (TPSA) is 63.3 Å². The highest BCUT2D eigenvalue weighted by molar-refractivity contribution is 5.14. The first-order valence-corrected chi connectivity index (χ1v) is 9.48. The molecule has 0 bridgehead atoms. The highest BCUT2D eigenvalue weighted by Crippen LogP contribution is 2.43. The Labute approximate surface area is 154 Å². The molecule has 0 radical (unpaired) electrons. The Bertz CT molecular complexity index is 728. The van der Waals surface area contributed by atoms with E-state index in [-0.39, 0.29) is 11.7 Å². The molecule has 1 N–H and O–H groups in total. The van der Waals surface area contributed by atoms with Crippen molar-refractivity contribution in [1.29, 1.82) is 0 Å². The molecule has 1 aliphatic carbocycles. The van der Waals surface area contributed by atoms with Gasteiger partial charge in [-0.3, -0.25) is 4.90 Å². The summed E-state index contributed by atoms with van der Waals surface area (Å²) in [4.78, 5) is 14.9. The molecular formula is C20H28N4O2. The van der Waals surface area contributed by atoms with E-state index in [1.807, 2.05) is 25.3 Å². The number of aromatic amines is 1. The number of nitrogens with one attached hydrogen (secondary N) is 1. The predicted molar refractivity (Wildman–Crippen MR) is 99.1 cm³/mol. The molecule has 1 saturated carbocycles. The van der Waals surface area contributed by atoms with Gasteiger partial charge in [-0.25, -0.2) is 9.97 Å². The zero-order chi connectivity index (χ0) is 18.1. The summed E-state index contributed by atoms with van der Waals surface area (Å²) in [7, 11) is 1.86. The lowest BCUT2D eigenvalue weighted by Crippen LogP contribution is -2.52. The fourth-order valence-electron chi connectivity index (χ4n) is 4.53. The van der Waals surface area contributed by atoms with Crippen LogP contribution in [-0.2, 0) is 11.3 Å². The Morgan fingerprint density at radius 3 is 2.88 bits per heavy atom. The summed E-state index contributed by atoms with van der Waals surface area (Å²) in [6, 6.07) is 6.16. The van der Waals surface area contributed by atoms with E-state index in [0.717, 1.165) is 56.0 Å². The van der Waals surface area contributed by atoms with Crippen molar-refractivity contribution in [3.05, 3.63) is 41.6 Å². The summed E-state index contributed by atoms with van der Waals surface area (Å²) in [5.41, 5.74) is 2.18. The first-order valence-electron chi connectivity index (χ1n) is 9.48. The van der Waals surface area contributed by atoms with Crippen LogP contribution in [-0.4, -0.2) is 51.3 Å². The standard InChI is InChI=1S/C20H28N4O2/c1-14-15(2)23-18(22-14)13-24-11-9-20(25-3)8-7-16(12-17(20)24)26-19-6-4-5-10-21-19/h4-6,10,16-17H,7-9,11-13H2,1-3H3,(H,22,23)/t16-,17+,20-/m1/s1. The monoisotopic (exact) mass is 356 g/mol. The van der Waals surface area contributed by atoms with Gasteiger partial charge in [0, 0.05) is 44.1 Å². The Balaban J connectivity index is 1.49. The summed E-state index contributed by atoms with van der Waals surface area (Å²) in [5, 5.41) is 0. The van der Waals surface area contributed by atoms with Crippen molar-refractivity contribution in [3.8, 4) is 5.88 Å². The summed E-state index contributed by atoms with van der Waals surface area (Å²) < 4.78 is 12.2. The molecule has 6 heteroatoms. The third-order valence-corrected chi connectivity index (χ3v) is 6.11. The minimum Gasteiger partial charge on any atom is -0.474 e. The van der Waals surface area contributed by atoms with Crippen molar-refractivity contribution in [2.24, 2.45) is 0 Å². The number of imidazole rings is 1. The second-order valence-corrected chi connectivity index (χ2v) is 7.58. The van der Waals surface area contributed by atoms with Crippen molar-refractivity contribution in [2.75, 3.05) is 13.7 Å². The number of methoxy groups -OCH3 is 1. The molecule has 26 heavy (non-hydrogen) atoms. The zero-order valence-electron chi connectivity index (χ0n) is 15.9. The number of aryl methyl sites for hydroxylation is 2. The van der Waals surface area contributed by atoms with Crippen LogP contribution in [0.4, 0.5) is 0 Å². The Kier molecular flexibility index (Phi) is 4.71. The second kappa shape index (κ2) is 7.00. The van der Waals surface area contributed by atoms with Gasteiger partial charge in [0.15, 0.2) is 0 Å². The predicted octanol–water partition coefficient (Wildman–Crippen LogP) is 3.01. The summed E-state index contributed by atoms with van der Waals surface area (Å²) in [5.74, 6) is 1.75. The molecule has 0 aromatic carbocycles. The van der Waals surface area contributed by atoms with E-state index >= 15 is 0 Å². The van der Waals surface area contributed by atoms with Gasteiger partial charge in [-0.05, 0) is 39.2 Å². The van der Waals surface area contributed by atoms with Crippen molar-refractivity contribution in [3.63, 3.8) is 0 Å². The first-order chi connectivity index (χ1) is 12.6. The summed E-state index contributed by atoms with van der Waals surface area (Å²) in [6.45, 7) is 6.00. The van der Waals surface area contributed by atoms with Crippen LogP contribution in [0.2, 0.25) is 0 Å². The number of aromatic nitrogens is 3. The summed E-state index contributed by atoms with van der Waals surface area (Å²) in [6.07, 6.45) is 6.03. The van der Waals surface area contributed by atoms with E-state index < -0.39 is 0 Å². The smallest absolute Gasteiger partial charge is 0.213 e. The van der Waals surface area contributed by atoms with Crippen molar-refractivity contribution >= 4 is 0 Å². The molecule has 0 spiro atoms. The van der Waals surface area contributed by atoms with Crippen molar-refractivity contribution < 1.29 is 9.47 Å². The van der Waals surface area contributed by atoms with Crippen LogP contribution in [0.5, 0.6) is 5.88 Å². The number of nitrogens with zero attached hydrogens (tertiary/aromatic N) is 3. The number of pyridine rings is 1. The average molecular weight is 356 g/mol. The number of hydrogen-bond acceptors (Lipinski definition) is 5. The van der Waals surface area contributed by atoms with E-state index in [4.69, 9.17) is 9.47 Å². The Hall–Kier alpha value is -1.92. The molecule has 1 saturated heterocycles. The van der Waals surface area contributed by atoms with Gasteiger partial charge < -0.3 is 14.5 Å². The lowest BCUT2D eigenvalue weighted by molar-refractivity contribution is -0.0845. The normalized spacial score (nSPS) is 28.9. The zero-order valence-corrected chi connectivity index (χ0v) is 15.9. The van der Waals surface area contributed by atoms with Gasteiger partial charge in [0.25, 0.3) is 0 Å². The van der Waals surface area contributed by atoms with Gasteiger partial charge in [-0.15, -0.1) is 0 Å². The number of hydrogen-bond donors (Lipinski definition) is 1. The lowest BCUT2D eigenvalue weighted by atomic mass is 9.79. The quantitative estimate of drug-likeness (QED) is 0.892. The fourth-order valence-corrected chi connectivity index (χ4v) is 4.53. The van der Waals surface area contributed by atoms with E-state index in [2.05, 4.69) is 33.7 Å². The van der Waals surface area contributed by atoms with Gasteiger partial charge >= 0.3 is 0 Å². The number of likely N-dealkylation sites (tertiary alicyclic amines) is 1. The van der Waals surface area contributed by atoms with Crippen molar-refractivity contribution in [2.45, 2.75) is 63.8 Å². The van der Waals surface area contributed by atoms with Gasteiger partial charge in [-0.1, -0.05) is 6.07 Å². The van der Waals surface area contributed by atoms with Crippen molar-refractivity contribution in [1.82, 2.24) is 19.9 Å². The minimum atomic E-state index is -0.0549. The van der Waals surface area contributed by atoms with Gasteiger partial charge in [-0.2, -0.15) is 0 Å². The van der Waals surface area contributed by atoms with Crippen LogP contribution in [0.15, 0.2) is 24.4 Å². The molecule has 0 amide bonds. The van der Waals surface area contributed by atoms with Gasteiger partial charge in [0.05, 0.1) is 17.8 Å². The minimum absolute atomic E-state index is 0.0549. The number of ether oxygens (including phenoxy) is 2. The molecule has 1 aliphatic heterocycles. The first kappa shape index (κ1) is 17.5. The van der Waals surface area contributed by atoms with E-state index in [9.17, 15) is 0 Å². The molecule has 3 atom stereocenters. The molecule has 2 aromatic heterocycles. The maximum atomic E-state index is 6.16. The number of rotatable bonds is 5. The largest absolute Gasteiger partial charge is 0.474 e. The molecule has 0 unspecified atom stereocenters. The Morgan fingerprint density at radius 2 is 2.19 bits per heavy atom. The highest BCUT2D eigenvalue weighted by atomic mass is 16.5. The van der Waals surface area contributed by atoms with Crippen LogP contribution >= 0.6 is 0 Å². The van der Waals surface area contributed by atoms with E-state index in [1.165, 1.54) is 0 Å². The molecule has 3 heterocycles. The van der Waals surface area contributed by atoms with Gasteiger partial charge in [0.2, 0.25) is 5.88 Å². The maximum Gasteiger partial charge on any atom is 0.213 e. The van der Waals surface area contributed by atoms with E-state index in [0.29, 0.717) is 11.9 Å². The molecule has 6 nitrogen and oxygen atoms in total. The lowest BCUT2D eigenvalue weighted by Gasteiger charge is -2.43. The third kappa shape index (κ3) is 3.23. The average Bonchev–Trinajstić information content (AvgIpc) is 3.17. The van der Waals surface area contributed by atoms with Crippen LogP contribution < -0.4 is 4.74 Å². The SMILES string of the molecule is CO[C@@]12CC[C@@H](Oc3ccccn3)C[C@@H]1N(Cc1nc(C)c(C)[nH]1)CC2. The van der Waals surface area contributed by atoms with E-state index in [1.54, 1.807) is 6.20 Å². The maximum absolute atomic E-state index is 6.16. The summed E-state index contributed by atoms with van der Waals surface area (Å²) >= 11 is 0. The fraction of sp³-hybridized carbons (Fsp3) is 0.600. The molecule has 2 fully saturated rings. The highest BCUT2D eigenvalue weighted by Gasteiger charge is 2.51. The molecule has 140 valence electrons. The molecule has 2 aromatic rings. The van der Waals surface area contributed by atoms with Gasteiger partial charge in [0.1, 0.15) is 11.9 Å². The Morgan fingerprint density at radius 1 is 1.31 bits per heavy atom. The molecule has 2 aliphatic rings.